The minimum Gasteiger partial charge on any atom is -0.487 e. The highest BCUT2D eigenvalue weighted by Crippen LogP contribution is 2.35. The number of rotatable bonds is 7. The highest BCUT2D eigenvalue weighted by Gasteiger charge is 2.18. The van der Waals surface area contributed by atoms with Crippen molar-refractivity contribution in [2.45, 2.75) is 20.1 Å². The molecule has 3 heterocycles. The van der Waals surface area contributed by atoms with Gasteiger partial charge >= 0.3 is 0 Å². The fourth-order valence-electron chi connectivity index (χ4n) is 2.87. The fourth-order valence-corrected chi connectivity index (χ4v) is 2.87. The molecule has 0 saturated carbocycles. The predicted molar refractivity (Wildman–Crippen MR) is 100 cm³/mol. The van der Waals surface area contributed by atoms with E-state index in [1.165, 1.54) is 0 Å². The zero-order chi connectivity index (χ0) is 19.3. The van der Waals surface area contributed by atoms with Gasteiger partial charge in [-0.3, -0.25) is 14.9 Å². The van der Waals surface area contributed by atoms with E-state index in [1.807, 2.05) is 25.1 Å². The molecule has 0 aliphatic carbocycles. The van der Waals surface area contributed by atoms with E-state index in [0.29, 0.717) is 41.7 Å². The van der Waals surface area contributed by atoms with Gasteiger partial charge in [0, 0.05) is 31.5 Å². The Morgan fingerprint density at radius 1 is 1.18 bits per heavy atom. The Balaban J connectivity index is 1.38. The molecule has 1 amide bonds. The Bertz CT molecular complexity index is 958. The summed E-state index contributed by atoms with van der Waals surface area (Å²) in [5.41, 5.74) is 2.09. The topological polar surface area (TPSA) is 89.6 Å². The smallest absolute Gasteiger partial charge is 0.274 e. The number of carbonyl (C=O) groups excluding carboxylic acids is 1. The molecule has 0 saturated heterocycles. The van der Waals surface area contributed by atoms with E-state index in [0.717, 1.165) is 5.56 Å². The maximum Gasteiger partial charge on any atom is 0.274 e. The van der Waals surface area contributed by atoms with Gasteiger partial charge in [0.25, 0.3) is 5.91 Å². The summed E-state index contributed by atoms with van der Waals surface area (Å²) in [6.45, 7) is 3.51. The molecule has 0 radical (unpaired) electrons. The summed E-state index contributed by atoms with van der Waals surface area (Å²) in [6.07, 6.45) is 3.43. The summed E-state index contributed by atoms with van der Waals surface area (Å²) in [6, 6.07) is 10.9. The number of H-pyrrole nitrogens is 1. The molecule has 144 valence electrons. The van der Waals surface area contributed by atoms with Crippen molar-refractivity contribution in [2.75, 3.05) is 13.3 Å². The molecule has 0 bridgehead atoms. The third-order valence-electron chi connectivity index (χ3n) is 4.38. The minimum atomic E-state index is -0.134. The van der Waals surface area contributed by atoms with Crippen LogP contribution in [0.25, 0.3) is 0 Å². The standard InChI is InChI=1S/C20H20N4O4/c1-2-24(11-14-5-7-21-8-6-14)20(25)17-9-15(22-23-17)12-26-16-3-4-18-19(10-16)28-13-27-18/h3-10H,2,11-13H2,1H3,(H,22,23). The lowest BCUT2D eigenvalue weighted by molar-refractivity contribution is 0.0746. The van der Waals surface area contributed by atoms with Gasteiger partial charge in [-0.05, 0) is 42.8 Å². The van der Waals surface area contributed by atoms with E-state index in [2.05, 4.69) is 15.2 Å². The Morgan fingerprint density at radius 2 is 2.00 bits per heavy atom. The minimum absolute atomic E-state index is 0.134. The molecule has 0 spiro atoms. The lowest BCUT2D eigenvalue weighted by Gasteiger charge is -2.19. The molecule has 8 nitrogen and oxygen atoms in total. The number of aromatic amines is 1. The second kappa shape index (κ2) is 7.99. The van der Waals surface area contributed by atoms with Crippen molar-refractivity contribution >= 4 is 5.91 Å². The molecule has 0 atom stereocenters. The quantitative estimate of drug-likeness (QED) is 0.678. The normalized spacial score (nSPS) is 12.0. The maximum absolute atomic E-state index is 12.8. The summed E-state index contributed by atoms with van der Waals surface area (Å²) in [7, 11) is 0. The molecule has 1 aromatic carbocycles. The number of nitrogens with one attached hydrogen (secondary N) is 1. The Hall–Kier alpha value is -3.55. The van der Waals surface area contributed by atoms with Gasteiger partial charge in [-0.1, -0.05) is 0 Å². The van der Waals surface area contributed by atoms with E-state index in [1.54, 1.807) is 35.5 Å². The van der Waals surface area contributed by atoms with Crippen LogP contribution in [-0.2, 0) is 13.2 Å². The molecule has 1 aliphatic rings. The molecule has 3 aromatic rings. The van der Waals surface area contributed by atoms with Crippen molar-refractivity contribution < 1.29 is 19.0 Å². The van der Waals surface area contributed by atoms with Gasteiger partial charge in [-0.2, -0.15) is 5.10 Å². The van der Waals surface area contributed by atoms with Crippen LogP contribution in [0.2, 0.25) is 0 Å². The number of ether oxygens (including phenoxy) is 3. The lowest BCUT2D eigenvalue weighted by Crippen LogP contribution is -2.30. The van der Waals surface area contributed by atoms with Crippen molar-refractivity contribution in [1.82, 2.24) is 20.1 Å². The highest BCUT2D eigenvalue weighted by molar-refractivity contribution is 5.92. The van der Waals surface area contributed by atoms with Crippen molar-refractivity contribution in [3.05, 3.63) is 65.7 Å². The lowest BCUT2D eigenvalue weighted by atomic mass is 10.2. The SMILES string of the molecule is CCN(Cc1ccncc1)C(=O)c1cc(COc2ccc3c(c2)OCO3)[nH]n1. The first-order chi connectivity index (χ1) is 13.7. The van der Waals surface area contributed by atoms with Crippen LogP contribution in [0.3, 0.4) is 0 Å². The zero-order valence-corrected chi connectivity index (χ0v) is 15.4. The predicted octanol–water partition coefficient (Wildman–Crippen LogP) is 2.77. The van der Waals surface area contributed by atoms with Crippen LogP contribution >= 0.6 is 0 Å². The van der Waals surface area contributed by atoms with Crippen LogP contribution in [0.15, 0.2) is 48.8 Å². The van der Waals surface area contributed by atoms with Crippen molar-refractivity contribution in [2.24, 2.45) is 0 Å². The zero-order valence-electron chi connectivity index (χ0n) is 15.4. The number of carbonyl (C=O) groups is 1. The van der Waals surface area contributed by atoms with Gasteiger partial charge in [0.05, 0.1) is 5.69 Å². The number of benzene rings is 1. The molecule has 2 aromatic heterocycles. The first-order valence-electron chi connectivity index (χ1n) is 8.98. The van der Waals surface area contributed by atoms with Crippen LogP contribution in [0.5, 0.6) is 17.2 Å². The molecule has 0 unspecified atom stereocenters. The molecule has 8 heteroatoms. The van der Waals surface area contributed by atoms with E-state index < -0.39 is 0 Å². The molecule has 1 aliphatic heterocycles. The van der Waals surface area contributed by atoms with Gasteiger partial charge in [0.2, 0.25) is 6.79 Å². The Labute approximate surface area is 162 Å². The highest BCUT2D eigenvalue weighted by atomic mass is 16.7. The van der Waals surface area contributed by atoms with Crippen LogP contribution < -0.4 is 14.2 Å². The van der Waals surface area contributed by atoms with Crippen molar-refractivity contribution in [3.63, 3.8) is 0 Å². The number of hydrogen-bond acceptors (Lipinski definition) is 6. The summed E-state index contributed by atoms with van der Waals surface area (Å²) in [5.74, 6) is 1.88. The number of aromatic nitrogens is 3. The van der Waals surface area contributed by atoms with Crippen molar-refractivity contribution in [3.8, 4) is 17.2 Å². The summed E-state index contributed by atoms with van der Waals surface area (Å²) in [4.78, 5) is 18.5. The average Bonchev–Trinajstić information content (AvgIpc) is 3.39. The largest absolute Gasteiger partial charge is 0.487 e. The van der Waals surface area contributed by atoms with Gasteiger partial charge in [-0.15, -0.1) is 0 Å². The van der Waals surface area contributed by atoms with Crippen LogP contribution in [0, 0.1) is 0 Å². The monoisotopic (exact) mass is 380 g/mol. The number of fused-ring (bicyclic) bond motifs is 1. The number of pyridine rings is 1. The molecular formula is C20H20N4O4. The van der Waals surface area contributed by atoms with Gasteiger partial charge in [0.15, 0.2) is 17.2 Å². The molecule has 28 heavy (non-hydrogen) atoms. The second-order valence-corrected chi connectivity index (χ2v) is 6.26. The Morgan fingerprint density at radius 3 is 2.82 bits per heavy atom. The molecule has 4 rings (SSSR count). The first kappa shape index (κ1) is 17.8. The Kier molecular flexibility index (Phi) is 5.09. The van der Waals surface area contributed by atoms with E-state index in [-0.39, 0.29) is 19.3 Å². The van der Waals surface area contributed by atoms with E-state index in [9.17, 15) is 4.79 Å². The number of nitrogens with zero attached hydrogens (tertiary/aromatic N) is 3. The third-order valence-corrected chi connectivity index (χ3v) is 4.38. The number of hydrogen-bond donors (Lipinski definition) is 1. The first-order valence-corrected chi connectivity index (χ1v) is 8.98. The summed E-state index contributed by atoms with van der Waals surface area (Å²) >= 11 is 0. The van der Waals surface area contributed by atoms with Crippen LogP contribution in [-0.4, -0.2) is 39.3 Å². The third kappa shape index (κ3) is 3.90. The van der Waals surface area contributed by atoms with Crippen molar-refractivity contribution in [1.29, 1.82) is 0 Å². The average molecular weight is 380 g/mol. The van der Waals surface area contributed by atoms with Gasteiger partial charge in [0.1, 0.15) is 12.4 Å². The molecular weight excluding hydrogens is 360 g/mol. The second-order valence-electron chi connectivity index (χ2n) is 6.26. The summed E-state index contributed by atoms with van der Waals surface area (Å²) < 4.78 is 16.4. The van der Waals surface area contributed by atoms with E-state index >= 15 is 0 Å². The van der Waals surface area contributed by atoms with Crippen LogP contribution in [0.4, 0.5) is 0 Å². The fraction of sp³-hybridized carbons (Fsp3) is 0.250. The summed E-state index contributed by atoms with van der Waals surface area (Å²) in [5, 5.41) is 7.01. The van der Waals surface area contributed by atoms with Gasteiger partial charge in [-0.25, -0.2) is 0 Å². The molecule has 1 N–H and O–H groups in total. The van der Waals surface area contributed by atoms with E-state index in [4.69, 9.17) is 14.2 Å². The molecule has 0 fully saturated rings. The van der Waals surface area contributed by atoms with Crippen LogP contribution in [0.1, 0.15) is 28.7 Å². The van der Waals surface area contributed by atoms with Gasteiger partial charge < -0.3 is 19.1 Å². The number of amides is 1. The maximum atomic E-state index is 12.8.